The van der Waals surface area contributed by atoms with Crippen LogP contribution in [0.2, 0.25) is 0 Å². The molecule has 1 saturated heterocycles. The van der Waals surface area contributed by atoms with Crippen molar-refractivity contribution in [2.45, 2.75) is 44.8 Å². The molecule has 21 heavy (non-hydrogen) atoms. The predicted molar refractivity (Wildman–Crippen MR) is 80.6 cm³/mol. The fraction of sp³-hybridized carbons (Fsp3) is 0.600. The molecular formula is C15H23NO4S. The Bertz CT molecular complexity index is 612. The van der Waals surface area contributed by atoms with Gasteiger partial charge in [-0.25, -0.2) is 8.42 Å². The third-order valence-corrected chi connectivity index (χ3v) is 5.89. The van der Waals surface area contributed by atoms with Crippen molar-refractivity contribution in [3.63, 3.8) is 0 Å². The number of hydrogen-bond acceptors (Lipinski definition) is 4. The molecule has 1 fully saturated rings. The Morgan fingerprint density at radius 1 is 1.38 bits per heavy atom. The van der Waals surface area contributed by atoms with Gasteiger partial charge >= 0.3 is 0 Å². The van der Waals surface area contributed by atoms with Crippen LogP contribution in [0.1, 0.15) is 30.0 Å². The monoisotopic (exact) mass is 313 g/mol. The van der Waals surface area contributed by atoms with E-state index in [1.807, 2.05) is 19.9 Å². The third kappa shape index (κ3) is 3.45. The highest BCUT2D eigenvalue weighted by molar-refractivity contribution is 7.89. The minimum atomic E-state index is -3.56. The second kappa shape index (κ2) is 6.44. The molecule has 1 N–H and O–H groups in total. The molecule has 0 radical (unpaired) electrons. The molecule has 1 heterocycles. The quantitative estimate of drug-likeness (QED) is 0.920. The molecule has 0 aliphatic carbocycles. The van der Waals surface area contributed by atoms with Crippen LogP contribution in [-0.2, 0) is 21.4 Å². The summed E-state index contributed by atoms with van der Waals surface area (Å²) in [6.07, 6.45) is 0.589. The Balaban J connectivity index is 2.45. The molecule has 1 atom stereocenters. The van der Waals surface area contributed by atoms with Crippen LogP contribution in [0.5, 0.6) is 0 Å². The molecule has 1 aliphatic heterocycles. The molecule has 1 aliphatic rings. The van der Waals surface area contributed by atoms with Gasteiger partial charge < -0.3 is 9.84 Å². The first-order chi connectivity index (χ1) is 9.86. The van der Waals surface area contributed by atoms with Crippen LogP contribution in [0.25, 0.3) is 0 Å². The van der Waals surface area contributed by atoms with Crippen LogP contribution in [0.4, 0.5) is 0 Å². The van der Waals surface area contributed by atoms with Gasteiger partial charge in [-0.15, -0.1) is 0 Å². The van der Waals surface area contributed by atoms with Crippen molar-refractivity contribution >= 4 is 10.0 Å². The molecule has 0 spiro atoms. The van der Waals surface area contributed by atoms with E-state index >= 15 is 0 Å². The average molecular weight is 313 g/mol. The van der Waals surface area contributed by atoms with Gasteiger partial charge in [0.2, 0.25) is 10.0 Å². The molecule has 2 rings (SSSR count). The zero-order chi connectivity index (χ0) is 15.6. The van der Waals surface area contributed by atoms with Crippen LogP contribution in [0.15, 0.2) is 17.0 Å². The SMILES string of the molecule is Cc1cc(CO)cc(S(=O)(=O)N2CCCOC(C)C2)c1C. The minimum absolute atomic E-state index is 0.107. The van der Waals surface area contributed by atoms with E-state index in [0.717, 1.165) is 11.1 Å². The second-order valence-electron chi connectivity index (χ2n) is 5.59. The van der Waals surface area contributed by atoms with E-state index < -0.39 is 10.0 Å². The molecule has 0 bridgehead atoms. The maximum absolute atomic E-state index is 12.9. The molecule has 6 heteroatoms. The number of aliphatic hydroxyl groups is 1. The first-order valence-electron chi connectivity index (χ1n) is 7.19. The largest absolute Gasteiger partial charge is 0.392 e. The lowest BCUT2D eigenvalue weighted by molar-refractivity contribution is 0.0752. The fourth-order valence-corrected chi connectivity index (χ4v) is 4.47. The summed E-state index contributed by atoms with van der Waals surface area (Å²) < 4.78 is 32.8. The number of sulfonamides is 1. The molecule has 5 nitrogen and oxygen atoms in total. The topological polar surface area (TPSA) is 66.8 Å². The van der Waals surface area contributed by atoms with E-state index in [9.17, 15) is 13.5 Å². The summed E-state index contributed by atoms with van der Waals surface area (Å²) in [5.41, 5.74) is 2.24. The van der Waals surface area contributed by atoms with Gasteiger partial charge in [-0.05, 0) is 49.9 Å². The predicted octanol–water partition coefficient (Wildman–Crippen LogP) is 1.60. The summed E-state index contributed by atoms with van der Waals surface area (Å²) in [5, 5.41) is 9.31. The van der Waals surface area contributed by atoms with Gasteiger partial charge in [-0.3, -0.25) is 0 Å². The van der Waals surface area contributed by atoms with Crippen molar-refractivity contribution in [1.29, 1.82) is 0 Å². The molecule has 1 aromatic carbocycles. The summed E-state index contributed by atoms with van der Waals surface area (Å²) in [4.78, 5) is 0.292. The minimum Gasteiger partial charge on any atom is -0.392 e. The number of ether oxygens (including phenoxy) is 1. The molecule has 1 unspecified atom stereocenters. The Kier molecular flexibility index (Phi) is 5.03. The summed E-state index contributed by atoms with van der Waals surface area (Å²) in [7, 11) is -3.56. The van der Waals surface area contributed by atoms with Gasteiger partial charge in [0.25, 0.3) is 0 Å². The van der Waals surface area contributed by atoms with Gasteiger partial charge in [0, 0.05) is 19.7 Å². The van der Waals surface area contributed by atoms with Crippen molar-refractivity contribution in [2.75, 3.05) is 19.7 Å². The smallest absolute Gasteiger partial charge is 0.243 e. The standard InChI is InChI=1S/C15H23NO4S/c1-11-7-14(10-17)8-15(13(11)3)21(18,19)16-5-4-6-20-12(2)9-16/h7-8,12,17H,4-6,9-10H2,1-3H3. The highest BCUT2D eigenvalue weighted by Gasteiger charge is 2.29. The molecule has 118 valence electrons. The van der Waals surface area contributed by atoms with E-state index in [-0.39, 0.29) is 12.7 Å². The van der Waals surface area contributed by atoms with Gasteiger partial charge in [-0.2, -0.15) is 4.31 Å². The maximum atomic E-state index is 12.9. The van der Waals surface area contributed by atoms with Gasteiger partial charge in [0.1, 0.15) is 0 Å². The zero-order valence-electron chi connectivity index (χ0n) is 12.8. The molecule has 1 aromatic rings. The van der Waals surface area contributed by atoms with Crippen molar-refractivity contribution in [3.05, 3.63) is 28.8 Å². The highest BCUT2D eigenvalue weighted by Crippen LogP contribution is 2.25. The maximum Gasteiger partial charge on any atom is 0.243 e. The zero-order valence-corrected chi connectivity index (χ0v) is 13.6. The van der Waals surface area contributed by atoms with Crippen LogP contribution in [-0.4, -0.2) is 43.6 Å². The number of hydrogen-bond donors (Lipinski definition) is 1. The van der Waals surface area contributed by atoms with Crippen molar-refractivity contribution in [2.24, 2.45) is 0 Å². The van der Waals surface area contributed by atoms with E-state index in [0.29, 0.717) is 36.6 Å². The van der Waals surface area contributed by atoms with Crippen molar-refractivity contribution < 1.29 is 18.3 Å². The number of aliphatic hydroxyl groups excluding tert-OH is 1. The molecule has 0 saturated carbocycles. The van der Waals surface area contributed by atoms with Crippen LogP contribution in [0, 0.1) is 13.8 Å². The first kappa shape index (κ1) is 16.4. The van der Waals surface area contributed by atoms with Gasteiger partial charge in [-0.1, -0.05) is 6.07 Å². The van der Waals surface area contributed by atoms with Crippen LogP contribution >= 0.6 is 0 Å². The summed E-state index contributed by atoms with van der Waals surface area (Å²) in [6, 6.07) is 3.40. The summed E-state index contributed by atoms with van der Waals surface area (Å²) in [5.74, 6) is 0. The Hall–Kier alpha value is -0.950. The first-order valence-corrected chi connectivity index (χ1v) is 8.63. The van der Waals surface area contributed by atoms with Gasteiger partial charge in [0.15, 0.2) is 0 Å². The van der Waals surface area contributed by atoms with Crippen LogP contribution in [0.3, 0.4) is 0 Å². The lowest BCUT2D eigenvalue weighted by Crippen LogP contribution is -2.36. The molecular weight excluding hydrogens is 290 g/mol. The lowest BCUT2D eigenvalue weighted by atomic mass is 10.1. The number of aryl methyl sites for hydroxylation is 1. The second-order valence-corrected chi connectivity index (χ2v) is 7.50. The van der Waals surface area contributed by atoms with E-state index in [1.54, 1.807) is 13.0 Å². The third-order valence-electron chi connectivity index (χ3n) is 3.89. The van der Waals surface area contributed by atoms with Crippen molar-refractivity contribution in [1.82, 2.24) is 4.31 Å². The van der Waals surface area contributed by atoms with E-state index in [2.05, 4.69) is 0 Å². The Morgan fingerprint density at radius 3 is 2.76 bits per heavy atom. The summed E-state index contributed by atoms with van der Waals surface area (Å²) in [6.45, 7) is 6.81. The molecule has 0 amide bonds. The normalized spacial score (nSPS) is 21.2. The summed E-state index contributed by atoms with van der Waals surface area (Å²) >= 11 is 0. The van der Waals surface area contributed by atoms with Crippen LogP contribution < -0.4 is 0 Å². The van der Waals surface area contributed by atoms with Crippen molar-refractivity contribution in [3.8, 4) is 0 Å². The molecule has 0 aromatic heterocycles. The Morgan fingerprint density at radius 2 is 2.10 bits per heavy atom. The van der Waals surface area contributed by atoms with E-state index in [4.69, 9.17) is 4.74 Å². The number of nitrogens with zero attached hydrogens (tertiary/aromatic N) is 1. The average Bonchev–Trinajstić information content (AvgIpc) is 2.66. The highest BCUT2D eigenvalue weighted by atomic mass is 32.2. The number of benzene rings is 1. The lowest BCUT2D eigenvalue weighted by Gasteiger charge is -2.23. The Labute approximate surface area is 126 Å². The van der Waals surface area contributed by atoms with Gasteiger partial charge in [0.05, 0.1) is 17.6 Å². The number of rotatable bonds is 3. The fourth-order valence-electron chi connectivity index (χ4n) is 2.57. The van der Waals surface area contributed by atoms with E-state index in [1.165, 1.54) is 4.31 Å².